The molecular formula is C90H63N3Si2. The molecule has 5 heteroatoms. The number of anilines is 3. The molecule has 2 aromatic heterocycles. The van der Waals surface area contributed by atoms with E-state index in [1.807, 2.05) is 0 Å². The van der Waals surface area contributed by atoms with Crippen LogP contribution in [0.1, 0.15) is 0 Å². The highest BCUT2D eigenvalue weighted by Gasteiger charge is 2.43. The average molecular weight is 1240 g/mol. The Labute approximate surface area is 554 Å². The lowest BCUT2D eigenvalue weighted by Gasteiger charge is -2.34. The lowest BCUT2D eigenvalue weighted by molar-refractivity contribution is 1.18. The second-order valence-electron chi connectivity index (χ2n) is 25.2. The second kappa shape index (κ2) is 23.1. The summed E-state index contributed by atoms with van der Waals surface area (Å²) in [5.41, 5.74) is 10.1. The highest BCUT2D eigenvalue weighted by atomic mass is 28.3. The van der Waals surface area contributed by atoms with Crippen molar-refractivity contribution in [2.24, 2.45) is 0 Å². The summed E-state index contributed by atoms with van der Waals surface area (Å²) in [5.74, 6) is 0. The van der Waals surface area contributed by atoms with Crippen molar-refractivity contribution in [3.8, 4) is 11.4 Å². The fraction of sp³-hybridized carbons (Fsp3) is 0. The predicted octanol–water partition coefficient (Wildman–Crippen LogP) is 17.6. The summed E-state index contributed by atoms with van der Waals surface area (Å²) in [6.45, 7) is 0. The minimum atomic E-state index is -2.96. The Morgan fingerprint density at radius 2 is 0.432 bits per heavy atom. The molecule has 0 N–H and O–H groups in total. The van der Waals surface area contributed by atoms with Crippen LogP contribution >= 0.6 is 0 Å². The molecule has 0 saturated carbocycles. The van der Waals surface area contributed by atoms with Crippen molar-refractivity contribution in [3.05, 3.63) is 382 Å². The van der Waals surface area contributed by atoms with Crippen LogP contribution in [0.2, 0.25) is 0 Å². The first-order valence-electron chi connectivity index (χ1n) is 32.9. The molecule has 0 aliphatic carbocycles. The Hall–Kier alpha value is -11.9. The zero-order chi connectivity index (χ0) is 62.9. The third-order valence-electron chi connectivity index (χ3n) is 20.1. The van der Waals surface area contributed by atoms with Crippen molar-refractivity contribution in [2.75, 3.05) is 4.90 Å². The van der Waals surface area contributed by atoms with Crippen LogP contribution in [0.4, 0.5) is 17.1 Å². The topological polar surface area (TPSA) is 13.1 Å². The maximum Gasteiger partial charge on any atom is 0.179 e. The lowest BCUT2D eigenvalue weighted by atomic mass is 10.1. The molecule has 0 unspecified atom stereocenters. The van der Waals surface area contributed by atoms with Crippen molar-refractivity contribution < 1.29 is 0 Å². The molecule has 0 amide bonds. The van der Waals surface area contributed by atoms with Crippen LogP contribution in [-0.4, -0.2) is 25.3 Å². The Morgan fingerprint density at radius 3 is 0.768 bits per heavy atom. The maximum atomic E-state index is 2.56. The standard InChI is InChI=1S/C90H63N3Si2/c1-7-31-75(32-8-1)94(76-33-9-2-10-34-76,77-35-11-3-12-36-77)81-51-55-89-85(62-81)83-60-73(49-53-87(83)92(89)71-47-44-65-26-20-23-29-68(65)58-71)91(70-46-43-64-25-19-22-28-67(64)57-70)74-50-54-88-84(61-74)86-63-82(52-56-90(86)93(88)72-48-45-66-27-21-24-30-69(66)59-72)95(78-37-13-4-14-38-78,79-39-15-5-16-40-79)80-41-17-6-18-42-80/h1-63H. The van der Waals surface area contributed by atoms with Gasteiger partial charge in [0.2, 0.25) is 0 Å². The number of hydrogen-bond donors (Lipinski definition) is 0. The summed E-state index contributed by atoms with van der Waals surface area (Å²) in [4.78, 5) is 2.51. The van der Waals surface area contributed by atoms with Gasteiger partial charge in [-0.2, -0.15) is 0 Å². The molecule has 0 spiro atoms. The molecule has 0 saturated heterocycles. The van der Waals surface area contributed by atoms with E-state index in [2.05, 4.69) is 396 Å². The quantitative estimate of drug-likeness (QED) is 0.0828. The number of fused-ring (bicyclic) bond motifs is 9. The molecule has 0 bridgehead atoms. The summed E-state index contributed by atoms with van der Waals surface area (Å²) >= 11 is 0. The van der Waals surface area contributed by atoms with E-state index in [4.69, 9.17) is 0 Å². The van der Waals surface area contributed by atoms with Gasteiger partial charge in [-0.05, 0) is 159 Å². The van der Waals surface area contributed by atoms with E-state index in [1.54, 1.807) is 0 Å². The summed E-state index contributed by atoms with van der Waals surface area (Å²) in [5, 5.41) is 22.7. The van der Waals surface area contributed by atoms with E-state index in [-0.39, 0.29) is 0 Å². The Morgan fingerprint density at radius 1 is 0.179 bits per heavy atom. The zero-order valence-corrected chi connectivity index (χ0v) is 54.2. The van der Waals surface area contributed by atoms with Crippen molar-refractivity contribution in [1.82, 2.24) is 9.13 Å². The molecule has 18 rings (SSSR count). The summed E-state index contributed by atoms with van der Waals surface area (Å²) in [6, 6.07) is 144. The van der Waals surface area contributed by atoms with Gasteiger partial charge in [0.1, 0.15) is 0 Å². The first kappa shape index (κ1) is 55.9. The number of hydrogen-bond acceptors (Lipinski definition) is 1. The normalized spacial score (nSPS) is 12.0. The van der Waals surface area contributed by atoms with Gasteiger partial charge in [0.25, 0.3) is 0 Å². The molecule has 3 nitrogen and oxygen atoms in total. The van der Waals surface area contributed by atoms with Crippen LogP contribution in [-0.2, 0) is 0 Å². The van der Waals surface area contributed by atoms with E-state index >= 15 is 0 Å². The average Bonchev–Trinajstić information content (AvgIpc) is 1.67. The Balaban J connectivity index is 0.918. The Kier molecular flexibility index (Phi) is 13.6. The summed E-state index contributed by atoms with van der Waals surface area (Å²) < 4.78 is 4.99. The van der Waals surface area contributed by atoms with Crippen molar-refractivity contribution in [1.29, 1.82) is 0 Å². The summed E-state index contributed by atoms with van der Waals surface area (Å²) in [6.07, 6.45) is 0. The fourth-order valence-electron chi connectivity index (χ4n) is 15.8. The highest BCUT2D eigenvalue weighted by molar-refractivity contribution is 7.20. The molecule has 18 aromatic rings. The van der Waals surface area contributed by atoms with Crippen LogP contribution < -0.4 is 46.4 Å². The van der Waals surface area contributed by atoms with E-state index in [9.17, 15) is 0 Å². The SMILES string of the molecule is c1ccc([Si](c2ccccc2)(c2ccccc2)c2ccc3c(c2)c2cc(N(c4ccc5ccccc5c4)c4ccc5c(c4)c4cc([Si](c6ccccc6)(c6ccccc6)c6ccccc6)ccc4n5-c4ccc5ccccc5c4)ccc2n3-c2ccc3ccccc3c2)cc1. The van der Waals surface area contributed by atoms with Gasteiger partial charge in [0.05, 0.1) is 22.1 Å². The first-order valence-corrected chi connectivity index (χ1v) is 36.9. The van der Waals surface area contributed by atoms with Gasteiger partial charge in [-0.15, -0.1) is 0 Å². The van der Waals surface area contributed by atoms with Gasteiger partial charge in [0, 0.05) is 50.0 Å². The molecule has 0 radical (unpaired) electrons. The molecule has 0 aliphatic rings. The lowest BCUT2D eigenvalue weighted by Crippen LogP contribution is -2.74. The van der Waals surface area contributed by atoms with Crippen LogP contribution in [0, 0.1) is 0 Å². The fourth-order valence-corrected chi connectivity index (χ4v) is 25.4. The van der Waals surface area contributed by atoms with Crippen LogP contribution in [0.15, 0.2) is 382 Å². The molecule has 16 aromatic carbocycles. The van der Waals surface area contributed by atoms with E-state index in [0.29, 0.717) is 0 Å². The van der Waals surface area contributed by atoms with Crippen LogP contribution in [0.5, 0.6) is 0 Å². The largest absolute Gasteiger partial charge is 0.310 e. The highest BCUT2D eigenvalue weighted by Crippen LogP contribution is 2.44. The predicted molar refractivity (Wildman–Crippen MR) is 410 cm³/mol. The number of aromatic nitrogens is 2. The number of benzene rings is 16. The molecule has 0 fully saturated rings. The third-order valence-corrected chi connectivity index (χ3v) is 29.6. The molecule has 2 heterocycles. The molecule has 446 valence electrons. The van der Waals surface area contributed by atoms with Gasteiger partial charge in [-0.1, -0.05) is 297 Å². The zero-order valence-electron chi connectivity index (χ0n) is 52.2. The minimum absolute atomic E-state index is 1.07. The molecular weight excluding hydrogens is 1180 g/mol. The molecule has 0 atom stereocenters. The van der Waals surface area contributed by atoms with Gasteiger partial charge >= 0.3 is 0 Å². The second-order valence-corrected chi connectivity index (χ2v) is 32.8. The van der Waals surface area contributed by atoms with Gasteiger partial charge in [0.15, 0.2) is 16.1 Å². The van der Waals surface area contributed by atoms with Gasteiger partial charge in [-0.25, -0.2) is 0 Å². The summed E-state index contributed by atoms with van der Waals surface area (Å²) in [7, 11) is -5.91. The van der Waals surface area contributed by atoms with E-state index < -0.39 is 16.1 Å². The van der Waals surface area contributed by atoms with Crippen molar-refractivity contribution in [3.63, 3.8) is 0 Å². The maximum absolute atomic E-state index is 2.96. The monoisotopic (exact) mass is 1240 g/mol. The number of nitrogens with zero attached hydrogens (tertiary/aromatic N) is 3. The number of rotatable bonds is 13. The van der Waals surface area contributed by atoms with E-state index in [1.165, 1.54) is 95.4 Å². The van der Waals surface area contributed by atoms with Crippen LogP contribution in [0.25, 0.3) is 87.3 Å². The van der Waals surface area contributed by atoms with Crippen LogP contribution in [0.3, 0.4) is 0 Å². The van der Waals surface area contributed by atoms with Gasteiger partial charge in [-0.3, -0.25) is 0 Å². The third kappa shape index (κ3) is 9.15. The Bertz CT molecular complexity index is 5390. The van der Waals surface area contributed by atoms with Crippen molar-refractivity contribution in [2.45, 2.75) is 0 Å². The van der Waals surface area contributed by atoms with E-state index in [0.717, 1.165) is 50.5 Å². The smallest absolute Gasteiger partial charge is 0.179 e. The first-order chi connectivity index (χ1) is 47.1. The molecule has 0 aliphatic heterocycles. The van der Waals surface area contributed by atoms with Crippen molar-refractivity contribution >= 4 is 151 Å². The molecule has 95 heavy (non-hydrogen) atoms. The van der Waals surface area contributed by atoms with Gasteiger partial charge < -0.3 is 14.0 Å². The minimum Gasteiger partial charge on any atom is -0.310 e.